The van der Waals surface area contributed by atoms with Crippen LogP contribution in [-0.2, 0) is 16.1 Å². The molecule has 152 valence electrons. The molecule has 3 aliphatic rings. The highest BCUT2D eigenvalue weighted by Crippen LogP contribution is 2.48. The van der Waals surface area contributed by atoms with Crippen LogP contribution in [0.1, 0.15) is 50.8 Å². The Bertz CT molecular complexity index is 927. The van der Waals surface area contributed by atoms with Gasteiger partial charge in [0.25, 0.3) is 5.91 Å². The monoisotopic (exact) mass is 396 g/mol. The van der Waals surface area contributed by atoms with Crippen LogP contribution in [0.3, 0.4) is 0 Å². The van der Waals surface area contributed by atoms with E-state index < -0.39 is 12.1 Å². The Morgan fingerprint density at radius 2 is 1.90 bits per heavy atom. The Hall–Kier alpha value is -3.00. The average molecular weight is 396 g/mol. The van der Waals surface area contributed by atoms with Gasteiger partial charge in [-0.1, -0.05) is 19.9 Å². The number of ether oxygens (including phenoxy) is 2. The predicted molar refractivity (Wildman–Crippen MR) is 106 cm³/mol. The third-order valence-corrected chi connectivity index (χ3v) is 5.11. The number of urea groups is 1. The number of hydrogen-bond donors (Lipinski definition) is 1. The molecule has 0 bridgehead atoms. The van der Waals surface area contributed by atoms with Crippen LogP contribution < -0.4 is 15.0 Å². The van der Waals surface area contributed by atoms with Crippen LogP contribution in [0, 0.1) is 5.92 Å². The van der Waals surface area contributed by atoms with E-state index in [9.17, 15) is 9.59 Å². The zero-order chi connectivity index (χ0) is 20.5. The lowest BCUT2D eigenvalue weighted by molar-refractivity contribution is -0.117. The number of nitrogens with zero attached hydrogens (tertiary/aromatic N) is 3. The van der Waals surface area contributed by atoms with Crippen molar-refractivity contribution in [3.8, 4) is 11.8 Å². The lowest BCUT2D eigenvalue weighted by Crippen LogP contribution is -2.31. The third-order valence-electron chi connectivity index (χ3n) is 5.11. The third kappa shape index (κ3) is 3.67. The Morgan fingerprint density at radius 1 is 1.17 bits per heavy atom. The van der Waals surface area contributed by atoms with E-state index in [0.717, 1.165) is 4.90 Å². The first-order chi connectivity index (χ1) is 14.1. The van der Waals surface area contributed by atoms with Crippen LogP contribution in [0.25, 0.3) is 0 Å². The van der Waals surface area contributed by atoms with Gasteiger partial charge in [-0.2, -0.15) is 0 Å². The molecule has 8 nitrogen and oxygen atoms in total. The molecule has 1 saturated heterocycles. The fourth-order valence-corrected chi connectivity index (χ4v) is 3.52. The second-order valence-corrected chi connectivity index (χ2v) is 7.10. The number of nitrogens with one attached hydrogen (secondary N) is 1. The van der Waals surface area contributed by atoms with Gasteiger partial charge in [0.1, 0.15) is 11.8 Å². The maximum absolute atomic E-state index is 12.0. The molecular formula is C21H24N4O4. The van der Waals surface area contributed by atoms with Crippen LogP contribution in [0.15, 0.2) is 30.6 Å². The van der Waals surface area contributed by atoms with Crippen molar-refractivity contribution >= 4 is 17.6 Å². The molecule has 1 unspecified atom stereocenters. The minimum Gasteiger partial charge on any atom is -0.424 e. The number of carbonyl (C=O) groups is 2. The van der Waals surface area contributed by atoms with Crippen molar-refractivity contribution in [1.29, 1.82) is 0 Å². The highest BCUT2D eigenvalue weighted by atomic mass is 16.5. The molecule has 2 aliphatic heterocycles. The van der Waals surface area contributed by atoms with Crippen LogP contribution in [0.4, 0.5) is 10.5 Å². The van der Waals surface area contributed by atoms with E-state index in [4.69, 9.17) is 9.47 Å². The van der Waals surface area contributed by atoms with E-state index >= 15 is 0 Å². The molecule has 1 aromatic carbocycles. The quantitative estimate of drug-likeness (QED) is 0.792. The summed E-state index contributed by atoms with van der Waals surface area (Å²) in [6.45, 7) is 6.28. The van der Waals surface area contributed by atoms with Crippen molar-refractivity contribution < 1.29 is 19.1 Å². The van der Waals surface area contributed by atoms with Gasteiger partial charge in [0.15, 0.2) is 0 Å². The zero-order valence-corrected chi connectivity index (χ0v) is 16.7. The first kappa shape index (κ1) is 19.3. The van der Waals surface area contributed by atoms with Crippen LogP contribution in [0.2, 0.25) is 0 Å². The summed E-state index contributed by atoms with van der Waals surface area (Å²) in [5.74, 6) is 0.923. The smallest absolute Gasteiger partial charge is 0.329 e. The molecule has 2 aromatic rings. The second kappa shape index (κ2) is 7.79. The first-order valence-electron chi connectivity index (χ1n) is 9.99. The predicted octanol–water partition coefficient (Wildman–Crippen LogP) is 3.72. The molecule has 2 fully saturated rings. The van der Waals surface area contributed by atoms with Gasteiger partial charge < -0.3 is 14.8 Å². The molecule has 1 saturated carbocycles. The molecule has 3 amide bonds. The number of carbonyl (C=O) groups excluding carboxylic acids is 2. The summed E-state index contributed by atoms with van der Waals surface area (Å²) >= 11 is 0. The maximum atomic E-state index is 12.0. The van der Waals surface area contributed by atoms with E-state index in [-0.39, 0.29) is 18.0 Å². The van der Waals surface area contributed by atoms with Crippen molar-refractivity contribution in [2.45, 2.75) is 52.4 Å². The van der Waals surface area contributed by atoms with Crippen molar-refractivity contribution in [3.63, 3.8) is 0 Å². The Balaban J connectivity index is 0.000000994. The summed E-state index contributed by atoms with van der Waals surface area (Å²) in [5, 5.41) is 2.55. The SMILES string of the molecule is CC.C[C@@H]1NC(=O)N(c2cnc(Oc3ccc4c(c3)C(C3CC3)OC4)nc2)C1=O. The van der Waals surface area contributed by atoms with Crippen LogP contribution in [0.5, 0.6) is 11.8 Å². The number of hydrogen-bond acceptors (Lipinski definition) is 6. The van der Waals surface area contributed by atoms with Gasteiger partial charge in [-0.25, -0.2) is 19.7 Å². The summed E-state index contributed by atoms with van der Waals surface area (Å²) in [6, 6.07) is 4.99. The molecule has 8 heteroatoms. The molecule has 2 atom stereocenters. The van der Waals surface area contributed by atoms with E-state index in [2.05, 4.69) is 15.3 Å². The standard InChI is InChI=1S/C19H18N4O4.C2H6/c1-10-17(24)23(19(25)22-10)13-7-20-18(21-8-13)27-14-5-4-12-9-26-16(11-2-3-11)15(12)6-14;1-2/h4-8,10-11,16H,2-3,9H2,1H3,(H,22,25);1-2H3/t10-,16?;/m0./s1. The van der Waals surface area contributed by atoms with E-state index in [1.165, 1.54) is 36.4 Å². The van der Waals surface area contributed by atoms with Gasteiger partial charge >= 0.3 is 12.0 Å². The average Bonchev–Trinajstić information content (AvgIpc) is 3.44. The molecule has 1 aromatic heterocycles. The second-order valence-electron chi connectivity index (χ2n) is 7.10. The highest BCUT2D eigenvalue weighted by Gasteiger charge is 2.38. The van der Waals surface area contributed by atoms with Gasteiger partial charge in [0.05, 0.1) is 30.8 Å². The fraction of sp³-hybridized carbons (Fsp3) is 0.429. The van der Waals surface area contributed by atoms with E-state index in [1.54, 1.807) is 6.92 Å². The molecule has 0 spiro atoms. The van der Waals surface area contributed by atoms with Gasteiger partial charge in [0.2, 0.25) is 0 Å². The fourth-order valence-electron chi connectivity index (χ4n) is 3.52. The topological polar surface area (TPSA) is 93.7 Å². The van der Waals surface area contributed by atoms with Crippen molar-refractivity contribution in [2.75, 3.05) is 4.90 Å². The van der Waals surface area contributed by atoms with Crippen molar-refractivity contribution in [3.05, 3.63) is 41.7 Å². The Labute approximate surface area is 169 Å². The number of fused-ring (bicyclic) bond motifs is 1. The summed E-state index contributed by atoms with van der Waals surface area (Å²) < 4.78 is 11.7. The number of anilines is 1. The normalized spacial score (nSPS) is 22.7. The zero-order valence-electron chi connectivity index (χ0n) is 16.7. The van der Waals surface area contributed by atoms with E-state index in [0.29, 0.717) is 24.0 Å². The lowest BCUT2D eigenvalue weighted by Gasteiger charge is -2.13. The molecule has 3 heterocycles. The molecule has 29 heavy (non-hydrogen) atoms. The molecule has 5 rings (SSSR count). The van der Waals surface area contributed by atoms with Gasteiger partial charge in [-0.3, -0.25) is 4.79 Å². The number of imide groups is 1. The Kier molecular flexibility index (Phi) is 5.19. The number of rotatable bonds is 4. The van der Waals surface area contributed by atoms with Crippen LogP contribution >= 0.6 is 0 Å². The number of benzene rings is 1. The van der Waals surface area contributed by atoms with Crippen molar-refractivity contribution in [1.82, 2.24) is 15.3 Å². The number of aromatic nitrogens is 2. The van der Waals surface area contributed by atoms with Gasteiger partial charge in [0, 0.05) is 0 Å². The van der Waals surface area contributed by atoms with Gasteiger partial charge in [-0.05, 0) is 48.9 Å². The van der Waals surface area contributed by atoms with Crippen LogP contribution in [-0.4, -0.2) is 27.9 Å². The maximum Gasteiger partial charge on any atom is 0.329 e. The molecular weight excluding hydrogens is 372 g/mol. The highest BCUT2D eigenvalue weighted by molar-refractivity contribution is 6.21. The van der Waals surface area contributed by atoms with E-state index in [1.807, 2.05) is 32.0 Å². The lowest BCUT2D eigenvalue weighted by atomic mass is 10.0. The van der Waals surface area contributed by atoms with Gasteiger partial charge in [-0.15, -0.1) is 0 Å². The minimum absolute atomic E-state index is 0.153. The Morgan fingerprint density at radius 3 is 2.52 bits per heavy atom. The summed E-state index contributed by atoms with van der Waals surface area (Å²) in [6.07, 6.45) is 5.39. The number of amides is 3. The molecule has 1 N–H and O–H groups in total. The first-order valence-corrected chi connectivity index (χ1v) is 9.99. The summed E-state index contributed by atoms with van der Waals surface area (Å²) in [7, 11) is 0. The molecule has 0 radical (unpaired) electrons. The summed E-state index contributed by atoms with van der Waals surface area (Å²) in [4.78, 5) is 33.2. The largest absolute Gasteiger partial charge is 0.424 e. The molecule has 1 aliphatic carbocycles. The van der Waals surface area contributed by atoms with Crippen molar-refractivity contribution in [2.24, 2.45) is 5.92 Å². The summed E-state index contributed by atoms with van der Waals surface area (Å²) in [5.41, 5.74) is 2.69. The minimum atomic E-state index is -0.554.